The summed E-state index contributed by atoms with van der Waals surface area (Å²) >= 11 is 0. The molecule has 0 saturated heterocycles. The van der Waals surface area contributed by atoms with Crippen LogP contribution in [-0.4, -0.2) is 51.9 Å². The number of nitrogens with one attached hydrogen (secondary N) is 2. The number of ether oxygens (including phenoxy) is 2. The highest BCUT2D eigenvalue weighted by Gasteiger charge is 2.29. The normalized spacial score (nSPS) is 15.5. The van der Waals surface area contributed by atoms with Gasteiger partial charge in [-0.05, 0) is 76.4 Å². The second kappa shape index (κ2) is 12.5. The van der Waals surface area contributed by atoms with E-state index in [-0.39, 0.29) is 24.4 Å². The molecule has 3 aromatic rings. The Morgan fingerprint density at radius 3 is 2.54 bits per heavy atom. The Balaban J connectivity index is 1.60. The van der Waals surface area contributed by atoms with E-state index in [4.69, 9.17) is 14.5 Å². The number of carbonyl (C=O) groups is 2. The average Bonchev–Trinajstić information content (AvgIpc) is 2.92. The quantitative estimate of drug-likeness (QED) is 0.333. The predicted octanol–water partition coefficient (Wildman–Crippen LogP) is 4.72. The Kier molecular flexibility index (Phi) is 9.07. The van der Waals surface area contributed by atoms with Gasteiger partial charge in [0.15, 0.2) is 6.04 Å². The number of halogens is 1. The number of alkyl carbamates (subject to hydrolysis) is 1. The number of amides is 1. The van der Waals surface area contributed by atoms with E-state index >= 15 is 0 Å². The lowest BCUT2D eigenvalue weighted by Crippen LogP contribution is -2.46. The summed E-state index contributed by atoms with van der Waals surface area (Å²) in [5, 5.41) is 15.1. The maximum atomic E-state index is 13.5. The molecule has 2 heterocycles. The Bertz CT molecular complexity index is 1390. The zero-order valence-corrected chi connectivity index (χ0v) is 23.9. The van der Waals surface area contributed by atoms with Crippen LogP contribution in [0.25, 0.3) is 0 Å². The molecule has 0 saturated carbocycles. The summed E-state index contributed by atoms with van der Waals surface area (Å²) in [6, 6.07) is 12.8. The van der Waals surface area contributed by atoms with Crippen molar-refractivity contribution < 1.29 is 28.6 Å². The molecule has 41 heavy (non-hydrogen) atoms. The van der Waals surface area contributed by atoms with Crippen LogP contribution >= 0.6 is 0 Å². The van der Waals surface area contributed by atoms with E-state index in [1.807, 2.05) is 19.1 Å². The Hall–Kier alpha value is -4.25. The molecule has 11 heteroatoms. The summed E-state index contributed by atoms with van der Waals surface area (Å²) in [7, 11) is 0. The fraction of sp³-hybridized carbons (Fsp3) is 0.400. The third-order valence-corrected chi connectivity index (χ3v) is 6.70. The number of aliphatic hydroxyl groups is 1. The highest BCUT2D eigenvalue weighted by atomic mass is 19.1. The van der Waals surface area contributed by atoms with Crippen LogP contribution < -0.4 is 15.5 Å². The van der Waals surface area contributed by atoms with Crippen LogP contribution in [0.3, 0.4) is 0 Å². The maximum absolute atomic E-state index is 13.5. The number of hydrogen-bond acceptors (Lipinski definition) is 9. The molecular formula is C30H36FN5O5. The molecule has 10 nitrogen and oxygen atoms in total. The second-order valence-electron chi connectivity index (χ2n) is 10.9. The van der Waals surface area contributed by atoms with Crippen molar-refractivity contribution in [2.75, 3.05) is 23.4 Å². The molecule has 0 radical (unpaired) electrons. The van der Waals surface area contributed by atoms with Gasteiger partial charge in [0.05, 0.1) is 18.3 Å². The maximum Gasteiger partial charge on any atom is 0.408 e. The molecule has 1 aliphatic heterocycles. The van der Waals surface area contributed by atoms with E-state index in [0.717, 1.165) is 13.0 Å². The van der Waals surface area contributed by atoms with Crippen molar-refractivity contribution in [2.45, 2.75) is 65.3 Å². The zero-order chi connectivity index (χ0) is 29.7. The molecule has 1 amide bonds. The van der Waals surface area contributed by atoms with E-state index in [1.165, 1.54) is 23.3 Å². The van der Waals surface area contributed by atoms with Crippen molar-refractivity contribution in [3.8, 4) is 0 Å². The number of nitrogens with zero attached hydrogens (tertiary/aromatic N) is 3. The summed E-state index contributed by atoms with van der Waals surface area (Å²) < 4.78 is 24.1. The van der Waals surface area contributed by atoms with E-state index in [0.29, 0.717) is 22.8 Å². The highest BCUT2D eigenvalue weighted by Crippen LogP contribution is 2.35. The van der Waals surface area contributed by atoms with Gasteiger partial charge in [0, 0.05) is 17.8 Å². The first-order chi connectivity index (χ1) is 19.4. The molecule has 2 atom stereocenters. The summed E-state index contributed by atoms with van der Waals surface area (Å²) in [5.74, 6) is -0.290. The minimum atomic E-state index is -1.32. The van der Waals surface area contributed by atoms with Gasteiger partial charge in [0.1, 0.15) is 23.8 Å². The summed E-state index contributed by atoms with van der Waals surface area (Å²) in [5.41, 5.74) is 3.46. The van der Waals surface area contributed by atoms with E-state index in [2.05, 4.69) is 39.6 Å². The van der Waals surface area contributed by atoms with Gasteiger partial charge in [-0.2, -0.15) is 4.98 Å². The van der Waals surface area contributed by atoms with Crippen molar-refractivity contribution in [3.63, 3.8) is 0 Å². The van der Waals surface area contributed by atoms with Crippen LogP contribution in [0.15, 0.2) is 48.5 Å². The van der Waals surface area contributed by atoms with Crippen molar-refractivity contribution in [2.24, 2.45) is 0 Å². The number of rotatable bonds is 8. The van der Waals surface area contributed by atoms with Crippen molar-refractivity contribution in [1.29, 1.82) is 0 Å². The first-order valence-corrected chi connectivity index (χ1v) is 13.5. The number of hydrogen-bond donors (Lipinski definition) is 3. The Morgan fingerprint density at radius 1 is 1.15 bits per heavy atom. The average molecular weight is 566 g/mol. The summed E-state index contributed by atoms with van der Waals surface area (Å²) in [6.07, 6.45) is -0.0112. The molecule has 0 aliphatic carbocycles. The summed E-state index contributed by atoms with van der Waals surface area (Å²) in [6.45, 7) is 8.85. The van der Waals surface area contributed by atoms with Crippen LogP contribution in [0, 0.1) is 12.7 Å². The molecule has 218 valence electrons. The Labute approximate surface area is 238 Å². The number of benzene rings is 2. The molecule has 2 aromatic carbocycles. The fourth-order valence-corrected chi connectivity index (χ4v) is 4.62. The van der Waals surface area contributed by atoms with E-state index < -0.39 is 30.3 Å². The van der Waals surface area contributed by atoms with Gasteiger partial charge < -0.3 is 30.1 Å². The van der Waals surface area contributed by atoms with Crippen molar-refractivity contribution in [3.05, 3.63) is 76.7 Å². The molecule has 4 rings (SSSR count). The van der Waals surface area contributed by atoms with Crippen molar-refractivity contribution in [1.82, 2.24) is 15.3 Å². The number of carbonyl (C=O) groups excluding carboxylic acids is 2. The molecule has 3 N–H and O–H groups in total. The van der Waals surface area contributed by atoms with Gasteiger partial charge in [-0.3, -0.25) is 0 Å². The Morgan fingerprint density at radius 2 is 1.85 bits per heavy atom. The highest BCUT2D eigenvalue weighted by molar-refractivity contribution is 5.81. The molecule has 1 aromatic heterocycles. The molecule has 0 bridgehead atoms. The fourth-order valence-electron chi connectivity index (χ4n) is 4.62. The lowest BCUT2D eigenvalue weighted by Gasteiger charge is -2.37. The number of aromatic nitrogens is 2. The first-order valence-electron chi connectivity index (χ1n) is 13.5. The monoisotopic (exact) mass is 565 g/mol. The van der Waals surface area contributed by atoms with E-state index in [9.17, 15) is 19.1 Å². The number of esters is 1. The minimum absolute atomic E-state index is 0.0272. The standard InChI is InChI=1S/C30H36FN5O5/c1-18-25(17-40-27(38)24(16-37)34-29(39)41-30(3,4)5)33-28(32-22-12-10-21(31)11-13-22)35-26(18)36-15-14-20-8-6-7-9-23(20)19(36)2/h6-13,19,24,37H,14-17H2,1-5H3,(H,34,39)(H,32,33,35). The van der Waals surface area contributed by atoms with Gasteiger partial charge in [-0.25, -0.2) is 19.0 Å². The van der Waals surface area contributed by atoms with Gasteiger partial charge in [-0.1, -0.05) is 24.3 Å². The lowest BCUT2D eigenvalue weighted by atomic mass is 9.93. The zero-order valence-electron chi connectivity index (χ0n) is 23.9. The van der Waals surface area contributed by atoms with Gasteiger partial charge in [0.2, 0.25) is 5.95 Å². The van der Waals surface area contributed by atoms with Crippen LogP contribution in [0.4, 0.5) is 26.6 Å². The topological polar surface area (TPSA) is 126 Å². The lowest BCUT2D eigenvalue weighted by molar-refractivity contribution is -0.148. The number of anilines is 3. The summed E-state index contributed by atoms with van der Waals surface area (Å²) in [4.78, 5) is 36.5. The molecular weight excluding hydrogens is 529 g/mol. The first kappa shape index (κ1) is 29.7. The van der Waals surface area contributed by atoms with Crippen LogP contribution in [0.2, 0.25) is 0 Å². The SMILES string of the molecule is Cc1c(COC(=O)C(CO)NC(=O)OC(C)(C)C)nc(Nc2ccc(F)cc2)nc1N1CCc2ccccc2C1C. The largest absolute Gasteiger partial charge is 0.458 e. The van der Waals surface area contributed by atoms with Gasteiger partial charge in [0.25, 0.3) is 0 Å². The van der Waals surface area contributed by atoms with Crippen molar-refractivity contribution >= 4 is 29.5 Å². The third kappa shape index (κ3) is 7.49. The number of aliphatic hydroxyl groups excluding tert-OH is 1. The minimum Gasteiger partial charge on any atom is -0.458 e. The van der Waals surface area contributed by atoms with Gasteiger partial charge >= 0.3 is 12.1 Å². The van der Waals surface area contributed by atoms with E-state index in [1.54, 1.807) is 32.9 Å². The predicted molar refractivity (Wildman–Crippen MR) is 152 cm³/mol. The number of fused-ring (bicyclic) bond motifs is 1. The molecule has 2 unspecified atom stereocenters. The molecule has 1 aliphatic rings. The van der Waals surface area contributed by atoms with Crippen LogP contribution in [-0.2, 0) is 27.3 Å². The van der Waals surface area contributed by atoms with Crippen LogP contribution in [0.1, 0.15) is 56.1 Å². The smallest absolute Gasteiger partial charge is 0.408 e. The van der Waals surface area contributed by atoms with Gasteiger partial charge in [-0.15, -0.1) is 0 Å². The van der Waals surface area contributed by atoms with Crippen LogP contribution in [0.5, 0.6) is 0 Å². The second-order valence-corrected chi connectivity index (χ2v) is 10.9. The molecule has 0 fully saturated rings. The third-order valence-electron chi connectivity index (χ3n) is 6.70. The molecule has 0 spiro atoms.